The normalized spacial score (nSPS) is 9.00. The van der Waals surface area contributed by atoms with Gasteiger partial charge >= 0.3 is 0 Å². The lowest BCUT2D eigenvalue weighted by Gasteiger charge is -1.91. The standard InChI is InChI=1S/C7H6ClN/c8-7-4-2-1-3-6(7)5-9/h1-5,9H. The highest BCUT2D eigenvalue weighted by Gasteiger charge is 1.90. The average molecular weight is 140 g/mol. The monoisotopic (exact) mass is 139 g/mol. The van der Waals surface area contributed by atoms with E-state index in [1.807, 2.05) is 12.1 Å². The van der Waals surface area contributed by atoms with Crippen molar-refractivity contribution in [2.24, 2.45) is 0 Å². The summed E-state index contributed by atoms with van der Waals surface area (Å²) >= 11 is 5.67. The molecule has 1 aromatic carbocycles. The van der Waals surface area contributed by atoms with Crippen LogP contribution in [0, 0.1) is 5.41 Å². The second kappa shape index (κ2) is 2.65. The van der Waals surface area contributed by atoms with E-state index < -0.39 is 0 Å². The molecular weight excluding hydrogens is 134 g/mol. The first kappa shape index (κ1) is 6.30. The van der Waals surface area contributed by atoms with Gasteiger partial charge in [-0.15, -0.1) is 0 Å². The zero-order chi connectivity index (χ0) is 6.69. The number of rotatable bonds is 1. The molecule has 0 aromatic heterocycles. The van der Waals surface area contributed by atoms with Gasteiger partial charge in [0.05, 0.1) is 0 Å². The summed E-state index contributed by atoms with van der Waals surface area (Å²) in [5.74, 6) is 0. The lowest BCUT2D eigenvalue weighted by Crippen LogP contribution is -1.77. The molecule has 0 atom stereocenters. The summed E-state index contributed by atoms with van der Waals surface area (Å²) < 4.78 is 0. The first-order chi connectivity index (χ1) is 4.34. The Kier molecular flexibility index (Phi) is 1.85. The molecule has 2 heteroatoms. The Labute approximate surface area is 58.8 Å². The summed E-state index contributed by atoms with van der Waals surface area (Å²) in [6, 6.07) is 7.26. The summed E-state index contributed by atoms with van der Waals surface area (Å²) in [5.41, 5.74) is 0.763. The fraction of sp³-hybridized carbons (Fsp3) is 0. The van der Waals surface area contributed by atoms with Gasteiger partial charge in [-0.2, -0.15) is 0 Å². The van der Waals surface area contributed by atoms with E-state index in [2.05, 4.69) is 0 Å². The third-order valence-corrected chi connectivity index (χ3v) is 1.40. The van der Waals surface area contributed by atoms with Crippen molar-refractivity contribution in [2.75, 3.05) is 0 Å². The molecule has 0 saturated carbocycles. The molecule has 0 fully saturated rings. The Morgan fingerprint density at radius 3 is 2.44 bits per heavy atom. The topological polar surface area (TPSA) is 23.9 Å². The van der Waals surface area contributed by atoms with Crippen molar-refractivity contribution in [1.29, 1.82) is 5.41 Å². The van der Waals surface area contributed by atoms with E-state index >= 15 is 0 Å². The number of hydrogen-bond acceptors (Lipinski definition) is 1. The smallest absolute Gasteiger partial charge is 0.0493 e. The van der Waals surface area contributed by atoms with Gasteiger partial charge in [-0.3, -0.25) is 0 Å². The van der Waals surface area contributed by atoms with Crippen molar-refractivity contribution >= 4 is 17.8 Å². The molecule has 1 nitrogen and oxygen atoms in total. The van der Waals surface area contributed by atoms with E-state index in [1.165, 1.54) is 6.21 Å². The van der Waals surface area contributed by atoms with Crippen molar-refractivity contribution in [3.8, 4) is 0 Å². The highest BCUT2D eigenvalue weighted by Crippen LogP contribution is 2.11. The zero-order valence-electron chi connectivity index (χ0n) is 4.76. The van der Waals surface area contributed by atoms with Gasteiger partial charge in [-0.05, 0) is 6.07 Å². The van der Waals surface area contributed by atoms with Crippen molar-refractivity contribution < 1.29 is 0 Å². The maximum absolute atomic E-state index is 6.88. The first-order valence-corrected chi connectivity index (χ1v) is 2.97. The van der Waals surface area contributed by atoms with Crippen LogP contribution in [0.3, 0.4) is 0 Å². The third kappa shape index (κ3) is 1.30. The minimum atomic E-state index is 0.632. The Morgan fingerprint density at radius 2 is 2.00 bits per heavy atom. The second-order valence-corrected chi connectivity index (χ2v) is 2.07. The van der Waals surface area contributed by atoms with Gasteiger partial charge in [0.25, 0.3) is 0 Å². The van der Waals surface area contributed by atoms with Gasteiger partial charge in [0, 0.05) is 16.8 Å². The van der Waals surface area contributed by atoms with Gasteiger partial charge in [0.1, 0.15) is 0 Å². The minimum absolute atomic E-state index is 0.632. The summed E-state index contributed by atoms with van der Waals surface area (Å²) in [4.78, 5) is 0. The van der Waals surface area contributed by atoms with Crippen LogP contribution >= 0.6 is 11.6 Å². The molecular formula is C7H6ClN. The number of nitrogens with one attached hydrogen (secondary N) is 1. The Bertz CT molecular complexity index is 220. The maximum atomic E-state index is 6.88. The van der Waals surface area contributed by atoms with E-state index in [-0.39, 0.29) is 0 Å². The second-order valence-electron chi connectivity index (χ2n) is 1.67. The van der Waals surface area contributed by atoms with Gasteiger partial charge in [0.2, 0.25) is 0 Å². The summed E-state index contributed by atoms with van der Waals surface area (Å²) in [7, 11) is 0. The van der Waals surface area contributed by atoms with E-state index in [0.717, 1.165) is 5.56 Å². The van der Waals surface area contributed by atoms with Crippen molar-refractivity contribution in [2.45, 2.75) is 0 Å². The molecule has 0 bridgehead atoms. The molecule has 0 unspecified atom stereocenters. The third-order valence-electron chi connectivity index (χ3n) is 1.06. The number of hydrogen-bond donors (Lipinski definition) is 1. The van der Waals surface area contributed by atoms with E-state index in [1.54, 1.807) is 12.1 Å². The Hall–Kier alpha value is -0.820. The largest absolute Gasteiger partial charge is 0.308 e. The van der Waals surface area contributed by atoms with Crippen LogP contribution in [-0.2, 0) is 0 Å². The van der Waals surface area contributed by atoms with Gasteiger partial charge in [0.15, 0.2) is 0 Å². The molecule has 0 amide bonds. The van der Waals surface area contributed by atoms with Gasteiger partial charge < -0.3 is 5.41 Å². The molecule has 0 radical (unpaired) electrons. The molecule has 1 rings (SSSR count). The highest BCUT2D eigenvalue weighted by molar-refractivity contribution is 6.32. The minimum Gasteiger partial charge on any atom is -0.308 e. The number of halogens is 1. The van der Waals surface area contributed by atoms with Crippen molar-refractivity contribution in [3.63, 3.8) is 0 Å². The molecule has 9 heavy (non-hydrogen) atoms. The van der Waals surface area contributed by atoms with Crippen molar-refractivity contribution in [3.05, 3.63) is 34.9 Å². The SMILES string of the molecule is N=Cc1ccccc1Cl. The zero-order valence-corrected chi connectivity index (χ0v) is 5.52. The van der Waals surface area contributed by atoms with Crippen LogP contribution in [0.4, 0.5) is 0 Å². The number of benzene rings is 1. The lowest BCUT2D eigenvalue weighted by atomic mass is 10.2. The molecule has 0 heterocycles. The maximum Gasteiger partial charge on any atom is 0.0493 e. The highest BCUT2D eigenvalue weighted by atomic mass is 35.5. The van der Waals surface area contributed by atoms with Crippen LogP contribution in [0.1, 0.15) is 5.56 Å². The van der Waals surface area contributed by atoms with Crippen LogP contribution in [0.25, 0.3) is 0 Å². The predicted molar refractivity (Wildman–Crippen MR) is 39.3 cm³/mol. The van der Waals surface area contributed by atoms with E-state index in [9.17, 15) is 0 Å². The summed E-state index contributed by atoms with van der Waals surface area (Å²) in [6.07, 6.45) is 1.24. The lowest BCUT2D eigenvalue weighted by molar-refractivity contribution is 1.54. The molecule has 0 spiro atoms. The first-order valence-electron chi connectivity index (χ1n) is 2.59. The fourth-order valence-electron chi connectivity index (χ4n) is 0.592. The summed E-state index contributed by atoms with van der Waals surface area (Å²) in [6.45, 7) is 0. The Balaban J connectivity index is 3.15. The van der Waals surface area contributed by atoms with Gasteiger partial charge in [-0.1, -0.05) is 29.8 Å². The van der Waals surface area contributed by atoms with Gasteiger partial charge in [-0.25, -0.2) is 0 Å². The van der Waals surface area contributed by atoms with Crippen LogP contribution in [0.2, 0.25) is 5.02 Å². The molecule has 0 saturated heterocycles. The Morgan fingerprint density at radius 1 is 1.33 bits per heavy atom. The fourth-order valence-corrected chi connectivity index (χ4v) is 0.782. The summed E-state index contributed by atoms with van der Waals surface area (Å²) in [5, 5.41) is 7.51. The van der Waals surface area contributed by atoms with E-state index in [0.29, 0.717) is 5.02 Å². The molecule has 0 aliphatic carbocycles. The molecule has 0 aliphatic heterocycles. The molecule has 1 N–H and O–H groups in total. The molecule has 0 aliphatic rings. The predicted octanol–water partition coefficient (Wildman–Crippen LogP) is 2.34. The van der Waals surface area contributed by atoms with Crippen LogP contribution < -0.4 is 0 Å². The van der Waals surface area contributed by atoms with Crippen LogP contribution in [0.15, 0.2) is 24.3 Å². The van der Waals surface area contributed by atoms with E-state index in [4.69, 9.17) is 17.0 Å². The van der Waals surface area contributed by atoms with Crippen molar-refractivity contribution in [1.82, 2.24) is 0 Å². The van der Waals surface area contributed by atoms with Crippen LogP contribution in [-0.4, -0.2) is 6.21 Å². The quantitative estimate of drug-likeness (QED) is 0.578. The average Bonchev–Trinajstić information content (AvgIpc) is 1.89. The molecule has 46 valence electrons. The molecule has 1 aromatic rings. The van der Waals surface area contributed by atoms with Crippen LogP contribution in [0.5, 0.6) is 0 Å².